The van der Waals surface area contributed by atoms with Crippen LogP contribution >= 0.6 is 0 Å². The lowest BCUT2D eigenvalue weighted by Gasteiger charge is -2.31. The Morgan fingerprint density at radius 2 is 2.06 bits per heavy atom. The second-order valence-corrected chi connectivity index (χ2v) is 4.99. The molecule has 0 aromatic rings. The van der Waals surface area contributed by atoms with E-state index in [1.807, 2.05) is 6.20 Å². The van der Waals surface area contributed by atoms with E-state index >= 15 is 0 Å². The Bertz CT molecular complexity index is 260. The first-order valence-electron chi connectivity index (χ1n) is 7.21. The number of unbranched alkanes of at least 4 members (excludes halogenated alkanes) is 1. The van der Waals surface area contributed by atoms with Crippen LogP contribution in [0.15, 0.2) is 37.1 Å². The Hall–Kier alpha value is -1.02. The quantitative estimate of drug-likeness (QED) is 0.523. The maximum absolute atomic E-state index is 3.70. The molecule has 0 unspecified atom stereocenters. The molecule has 1 fully saturated rings. The third-order valence-corrected chi connectivity index (χ3v) is 3.54. The zero-order valence-corrected chi connectivity index (χ0v) is 11.8. The zero-order valence-electron chi connectivity index (χ0n) is 11.8. The van der Waals surface area contributed by atoms with Crippen molar-refractivity contribution in [1.82, 2.24) is 10.2 Å². The van der Waals surface area contributed by atoms with E-state index in [4.69, 9.17) is 0 Å². The number of nitrogens with zero attached hydrogens (tertiary/aromatic N) is 1. The number of nitrogens with one attached hydrogen (secondary N) is 1. The summed E-state index contributed by atoms with van der Waals surface area (Å²) in [5.74, 6) is 0.842. The highest BCUT2D eigenvalue weighted by Gasteiger charge is 2.17. The molecule has 1 heterocycles. The summed E-state index contributed by atoms with van der Waals surface area (Å²) in [5, 5.41) is 3.23. The van der Waals surface area contributed by atoms with E-state index in [0.29, 0.717) is 0 Å². The van der Waals surface area contributed by atoms with Crippen LogP contribution in [0.5, 0.6) is 0 Å². The van der Waals surface area contributed by atoms with Gasteiger partial charge in [-0.05, 0) is 64.4 Å². The number of piperidine rings is 1. The lowest BCUT2D eigenvalue weighted by atomic mass is 9.96. The lowest BCUT2D eigenvalue weighted by molar-refractivity contribution is 0.183. The molecule has 1 N–H and O–H groups in total. The van der Waals surface area contributed by atoms with Gasteiger partial charge in [-0.15, -0.1) is 0 Å². The van der Waals surface area contributed by atoms with E-state index < -0.39 is 0 Å². The summed E-state index contributed by atoms with van der Waals surface area (Å²) in [6.45, 7) is 10.6. The fraction of sp³-hybridized carbons (Fsp3) is 0.625. The highest BCUT2D eigenvalue weighted by atomic mass is 15.1. The lowest BCUT2D eigenvalue weighted by Crippen LogP contribution is -2.37. The molecule has 1 aliphatic rings. The van der Waals surface area contributed by atoms with Crippen molar-refractivity contribution < 1.29 is 0 Å². The van der Waals surface area contributed by atoms with E-state index in [2.05, 4.69) is 48.0 Å². The number of allylic oxidation sites excluding steroid dienone is 4. The molecule has 0 spiro atoms. The fourth-order valence-electron chi connectivity index (χ4n) is 2.38. The van der Waals surface area contributed by atoms with Crippen LogP contribution in [0.1, 0.15) is 32.6 Å². The van der Waals surface area contributed by atoms with Crippen LogP contribution in [0, 0.1) is 5.92 Å². The van der Waals surface area contributed by atoms with Crippen molar-refractivity contribution in [3.8, 4) is 0 Å². The van der Waals surface area contributed by atoms with E-state index in [-0.39, 0.29) is 0 Å². The van der Waals surface area contributed by atoms with Crippen LogP contribution < -0.4 is 5.32 Å². The summed E-state index contributed by atoms with van der Waals surface area (Å²) >= 11 is 0. The fourth-order valence-corrected chi connectivity index (χ4v) is 2.38. The van der Waals surface area contributed by atoms with Gasteiger partial charge in [-0.3, -0.25) is 0 Å². The average Bonchev–Trinajstić information content (AvgIpc) is 2.42. The second kappa shape index (κ2) is 9.95. The Morgan fingerprint density at radius 1 is 1.28 bits per heavy atom. The largest absolute Gasteiger partial charge is 0.391 e. The van der Waals surface area contributed by atoms with Gasteiger partial charge < -0.3 is 10.2 Å². The van der Waals surface area contributed by atoms with Crippen LogP contribution in [0.2, 0.25) is 0 Å². The summed E-state index contributed by atoms with van der Waals surface area (Å²) in [5.41, 5.74) is 0. The standard InChI is InChI=1S/C16H28N2/c1-3-5-6-7-8-9-12-18-13-10-16(11-14-18)15-17-4-2/h3-7,16-17H,2,8-15H2,1H3/b5-3-,7-6-. The summed E-state index contributed by atoms with van der Waals surface area (Å²) in [6, 6.07) is 0. The Labute approximate surface area is 112 Å². The van der Waals surface area contributed by atoms with Gasteiger partial charge in [-0.25, -0.2) is 0 Å². The van der Waals surface area contributed by atoms with Crippen molar-refractivity contribution in [3.63, 3.8) is 0 Å². The summed E-state index contributed by atoms with van der Waals surface area (Å²) in [7, 11) is 0. The number of likely N-dealkylation sites (tertiary alicyclic amines) is 1. The van der Waals surface area contributed by atoms with Gasteiger partial charge >= 0.3 is 0 Å². The molecule has 0 atom stereocenters. The molecule has 1 rings (SSSR count). The smallest absolute Gasteiger partial charge is 0.0170 e. The first-order chi connectivity index (χ1) is 8.86. The SMILES string of the molecule is C=CNCC1CCN(CCC/C=C\C=C/C)CC1. The normalized spacial score (nSPS) is 18.7. The molecule has 0 saturated carbocycles. The number of rotatable bonds is 8. The zero-order chi connectivity index (χ0) is 13.1. The molecule has 1 saturated heterocycles. The minimum Gasteiger partial charge on any atom is -0.391 e. The van der Waals surface area contributed by atoms with E-state index in [9.17, 15) is 0 Å². The summed E-state index contributed by atoms with van der Waals surface area (Å²) < 4.78 is 0. The van der Waals surface area contributed by atoms with Crippen LogP contribution in [0.3, 0.4) is 0 Å². The monoisotopic (exact) mass is 248 g/mol. The molecule has 1 aliphatic heterocycles. The second-order valence-electron chi connectivity index (χ2n) is 4.99. The minimum absolute atomic E-state index is 0.842. The highest BCUT2D eigenvalue weighted by Crippen LogP contribution is 2.16. The maximum atomic E-state index is 3.70. The van der Waals surface area contributed by atoms with Gasteiger partial charge in [0, 0.05) is 6.54 Å². The third kappa shape index (κ3) is 6.65. The summed E-state index contributed by atoms with van der Waals surface area (Å²) in [6.07, 6.45) is 15.5. The van der Waals surface area contributed by atoms with Crippen LogP contribution in [-0.4, -0.2) is 31.1 Å². The van der Waals surface area contributed by atoms with Gasteiger partial charge in [0.05, 0.1) is 0 Å². The summed E-state index contributed by atoms with van der Waals surface area (Å²) in [4.78, 5) is 2.61. The van der Waals surface area contributed by atoms with E-state index in [1.165, 1.54) is 45.3 Å². The van der Waals surface area contributed by atoms with Crippen molar-refractivity contribution in [2.45, 2.75) is 32.6 Å². The van der Waals surface area contributed by atoms with Gasteiger partial charge in [-0.2, -0.15) is 0 Å². The Balaban J connectivity index is 2.03. The first kappa shape index (κ1) is 15.0. The van der Waals surface area contributed by atoms with Crippen molar-refractivity contribution >= 4 is 0 Å². The highest BCUT2D eigenvalue weighted by molar-refractivity contribution is 5.00. The van der Waals surface area contributed by atoms with Gasteiger partial charge in [0.25, 0.3) is 0 Å². The molecule has 2 heteroatoms. The molecule has 18 heavy (non-hydrogen) atoms. The predicted molar refractivity (Wildman–Crippen MR) is 80.6 cm³/mol. The molecular formula is C16H28N2. The molecule has 0 aliphatic carbocycles. The minimum atomic E-state index is 0.842. The van der Waals surface area contributed by atoms with E-state index in [1.54, 1.807) is 0 Å². The van der Waals surface area contributed by atoms with Gasteiger partial charge in [-0.1, -0.05) is 30.9 Å². The number of hydrogen-bond donors (Lipinski definition) is 1. The molecule has 0 aromatic heterocycles. The van der Waals surface area contributed by atoms with Crippen LogP contribution in [0.25, 0.3) is 0 Å². The molecule has 102 valence electrons. The Morgan fingerprint density at radius 3 is 2.72 bits per heavy atom. The number of hydrogen-bond acceptors (Lipinski definition) is 2. The van der Waals surface area contributed by atoms with Crippen LogP contribution in [-0.2, 0) is 0 Å². The Kier molecular flexibility index (Phi) is 8.32. The van der Waals surface area contributed by atoms with Crippen molar-refractivity contribution in [1.29, 1.82) is 0 Å². The first-order valence-corrected chi connectivity index (χ1v) is 7.21. The van der Waals surface area contributed by atoms with Crippen molar-refractivity contribution in [2.24, 2.45) is 5.92 Å². The molecule has 2 nitrogen and oxygen atoms in total. The van der Waals surface area contributed by atoms with Gasteiger partial charge in [0.1, 0.15) is 0 Å². The molecular weight excluding hydrogens is 220 g/mol. The van der Waals surface area contributed by atoms with E-state index in [0.717, 1.165) is 12.5 Å². The predicted octanol–water partition coefficient (Wildman–Crippen LogP) is 3.34. The maximum Gasteiger partial charge on any atom is 0.0170 e. The van der Waals surface area contributed by atoms with Crippen molar-refractivity contribution in [3.05, 3.63) is 37.1 Å². The topological polar surface area (TPSA) is 15.3 Å². The van der Waals surface area contributed by atoms with Crippen molar-refractivity contribution in [2.75, 3.05) is 26.2 Å². The average molecular weight is 248 g/mol. The van der Waals surface area contributed by atoms with Gasteiger partial charge in [0.2, 0.25) is 0 Å². The third-order valence-electron chi connectivity index (χ3n) is 3.54. The van der Waals surface area contributed by atoms with Crippen LogP contribution in [0.4, 0.5) is 0 Å². The molecule has 0 amide bonds. The molecule has 0 aromatic carbocycles. The molecule has 0 radical (unpaired) electrons. The van der Waals surface area contributed by atoms with Gasteiger partial charge in [0.15, 0.2) is 0 Å². The molecule has 0 bridgehead atoms.